The van der Waals surface area contributed by atoms with E-state index in [1.165, 1.54) is 30.5 Å². The average Bonchev–Trinajstić information content (AvgIpc) is 3.59. The van der Waals surface area contributed by atoms with Gasteiger partial charge < -0.3 is 10.1 Å². The van der Waals surface area contributed by atoms with E-state index in [4.69, 9.17) is 4.74 Å². The van der Waals surface area contributed by atoms with Gasteiger partial charge in [-0.15, -0.1) is 10.2 Å². The minimum absolute atomic E-state index is 0.0315. The molecule has 1 N–H and O–H groups in total. The Kier molecular flexibility index (Phi) is 6.21. The van der Waals surface area contributed by atoms with E-state index in [1.54, 1.807) is 6.92 Å². The first-order chi connectivity index (χ1) is 16.3. The summed E-state index contributed by atoms with van der Waals surface area (Å²) in [5.41, 5.74) is -1.18. The van der Waals surface area contributed by atoms with Gasteiger partial charge in [0.25, 0.3) is 11.8 Å². The second-order valence-corrected chi connectivity index (χ2v) is 10.2. The summed E-state index contributed by atoms with van der Waals surface area (Å²) in [6.07, 6.45) is -0.362. The maximum atomic E-state index is 13.5. The number of nitrogens with zero attached hydrogens (tertiary/aromatic N) is 4. The average molecular weight is 507 g/mol. The van der Waals surface area contributed by atoms with Crippen LogP contribution in [0.25, 0.3) is 0 Å². The van der Waals surface area contributed by atoms with Crippen molar-refractivity contribution in [3.8, 4) is 11.8 Å². The van der Waals surface area contributed by atoms with Crippen LogP contribution in [0.1, 0.15) is 51.8 Å². The number of hydrogen-bond donors (Lipinski definition) is 1. The van der Waals surface area contributed by atoms with Gasteiger partial charge in [-0.2, -0.15) is 13.2 Å². The van der Waals surface area contributed by atoms with Gasteiger partial charge in [-0.1, -0.05) is 6.07 Å². The maximum Gasteiger partial charge on any atom is 0.435 e. The first-order valence-electron chi connectivity index (χ1n) is 10.4. The molecule has 4 rings (SSSR count). The normalized spacial score (nSPS) is 14.0. The highest BCUT2D eigenvalue weighted by Gasteiger charge is 2.38. The summed E-state index contributed by atoms with van der Waals surface area (Å²) in [4.78, 5) is 21.6. The standard InChI is InChI=1S/C22H20F3N5O4S/c1-11-17(19(31)28-14-5-4-6-15(9-14)35(3,32)33)21(30-29-18(11)22(23,24)25)34-20-12(2)27-16(10-26-20)13-7-8-13/h4-6,9-10,13H,7-8H2,1-3H3,(H,28,31). The van der Waals surface area contributed by atoms with Crippen LogP contribution in [0.2, 0.25) is 0 Å². The van der Waals surface area contributed by atoms with E-state index in [-0.39, 0.29) is 16.5 Å². The van der Waals surface area contributed by atoms with Gasteiger partial charge in [0.1, 0.15) is 11.3 Å². The van der Waals surface area contributed by atoms with Crippen molar-refractivity contribution in [1.82, 2.24) is 20.2 Å². The molecule has 184 valence electrons. The Morgan fingerprint density at radius 3 is 2.46 bits per heavy atom. The zero-order chi connectivity index (χ0) is 25.5. The molecule has 13 heteroatoms. The molecular formula is C22H20F3N5O4S. The van der Waals surface area contributed by atoms with Gasteiger partial charge in [0.15, 0.2) is 15.5 Å². The van der Waals surface area contributed by atoms with E-state index in [0.717, 1.165) is 31.7 Å². The van der Waals surface area contributed by atoms with E-state index in [9.17, 15) is 26.4 Å². The number of rotatable bonds is 6. The van der Waals surface area contributed by atoms with Crippen molar-refractivity contribution in [2.45, 2.75) is 43.7 Å². The smallest absolute Gasteiger partial charge is 0.416 e. The van der Waals surface area contributed by atoms with Gasteiger partial charge in [-0.3, -0.25) is 9.78 Å². The van der Waals surface area contributed by atoms with Crippen molar-refractivity contribution in [3.63, 3.8) is 0 Å². The fraction of sp³-hybridized carbons (Fsp3) is 0.318. The Hall–Kier alpha value is -3.61. The minimum atomic E-state index is -4.87. The zero-order valence-corrected chi connectivity index (χ0v) is 19.7. The van der Waals surface area contributed by atoms with Crippen molar-refractivity contribution in [2.24, 2.45) is 0 Å². The fourth-order valence-corrected chi connectivity index (χ4v) is 4.03. The Labute approximate surface area is 198 Å². The molecule has 1 fully saturated rings. The number of anilines is 1. The van der Waals surface area contributed by atoms with Crippen LogP contribution >= 0.6 is 0 Å². The van der Waals surface area contributed by atoms with Crippen molar-refractivity contribution in [1.29, 1.82) is 0 Å². The molecule has 1 aliphatic rings. The number of benzene rings is 1. The molecule has 1 aliphatic carbocycles. The summed E-state index contributed by atoms with van der Waals surface area (Å²) in [6, 6.07) is 5.30. The predicted molar refractivity (Wildman–Crippen MR) is 118 cm³/mol. The molecule has 0 saturated heterocycles. The quantitative estimate of drug-likeness (QED) is 0.526. The topological polar surface area (TPSA) is 124 Å². The Bertz CT molecular complexity index is 1420. The first kappa shape index (κ1) is 24.5. The van der Waals surface area contributed by atoms with Gasteiger partial charge in [0, 0.05) is 17.9 Å². The van der Waals surface area contributed by atoms with Crippen LogP contribution in [0, 0.1) is 13.8 Å². The number of amides is 1. The molecule has 0 bridgehead atoms. The SMILES string of the molecule is Cc1nc(C2CC2)cnc1Oc1nnc(C(F)(F)F)c(C)c1C(=O)Nc1cccc(S(C)(=O)=O)c1. The number of sulfone groups is 1. The number of nitrogens with one attached hydrogen (secondary N) is 1. The van der Waals surface area contributed by atoms with Crippen LogP contribution in [-0.4, -0.2) is 40.7 Å². The fourth-order valence-electron chi connectivity index (χ4n) is 3.36. The number of ether oxygens (including phenoxy) is 1. The summed E-state index contributed by atoms with van der Waals surface area (Å²) in [5.74, 6) is -1.20. The summed E-state index contributed by atoms with van der Waals surface area (Å²) in [6.45, 7) is 2.69. The van der Waals surface area contributed by atoms with Crippen LogP contribution < -0.4 is 10.1 Å². The highest BCUT2D eigenvalue weighted by atomic mass is 32.2. The lowest BCUT2D eigenvalue weighted by Gasteiger charge is -2.16. The van der Waals surface area contributed by atoms with Crippen LogP contribution in [0.3, 0.4) is 0 Å². The third-order valence-electron chi connectivity index (χ3n) is 5.31. The lowest BCUT2D eigenvalue weighted by atomic mass is 10.1. The third kappa shape index (κ3) is 5.39. The lowest BCUT2D eigenvalue weighted by Crippen LogP contribution is -2.21. The number of aromatic nitrogens is 4. The maximum absolute atomic E-state index is 13.5. The Balaban J connectivity index is 1.73. The lowest BCUT2D eigenvalue weighted by molar-refractivity contribution is -0.142. The van der Waals surface area contributed by atoms with E-state index >= 15 is 0 Å². The Morgan fingerprint density at radius 1 is 1.14 bits per heavy atom. The molecular weight excluding hydrogens is 487 g/mol. The first-order valence-corrected chi connectivity index (χ1v) is 12.3. The van der Waals surface area contributed by atoms with Crippen LogP contribution in [0.4, 0.5) is 18.9 Å². The van der Waals surface area contributed by atoms with Crippen molar-refractivity contribution in [3.05, 3.63) is 58.7 Å². The van der Waals surface area contributed by atoms with Crippen LogP contribution in [-0.2, 0) is 16.0 Å². The molecule has 1 aromatic carbocycles. The van der Waals surface area contributed by atoms with Crippen molar-refractivity contribution in [2.75, 3.05) is 11.6 Å². The van der Waals surface area contributed by atoms with Crippen molar-refractivity contribution >= 4 is 21.4 Å². The molecule has 2 heterocycles. The second-order valence-electron chi connectivity index (χ2n) is 8.17. The van der Waals surface area contributed by atoms with Gasteiger partial charge in [-0.25, -0.2) is 13.4 Å². The molecule has 0 atom stereocenters. The molecule has 0 aliphatic heterocycles. The number of carbonyl (C=O) groups is 1. The summed E-state index contributed by atoms with van der Waals surface area (Å²) >= 11 is 0. The van der Waals surface area contributed by atoms with E-state index in [2.05, 4.69) is 25.5 Å². The molecule has 0 radical (unpaired) electrons. The number of aryl methyl sites for hydroxylation is 1. The molecule has 1 saturated carbocycles. The zero-order valence-electron chi connectivity index (χ0n) is 18.8. The molecule has 1 amide bonds. The number of carbonyl (C=O) groups excluding carboxylic acids is 1. The molecule has 0 unspecified atom stereocenters. The van der Waals surface area contributed by atoms with Gasteiger partial charge in [0.05, 0.1) is 16.8 Å². The summed E-state index contributed by atoms with van der Waals surface area (Å²) in [7, 11) is -3.58. The largest absolute Gasteiger partial charge is 0.435 e. The highest BCUT2D eigenvalue weighted by molar-refractivity contribution is 7.90. The predicted octanol–water partition coefficient (Wildman–Crippen LogP) is 4.23. The van der Waals surface area contributed by atoms with Gasteiger partial charge in [-0.05, 0) is 50.5 Å². The minimum Gasteiger partial charge on any atom is -0.416 e. The molecule has 9 nitrogen and oxygen atoms in total. The Morgan fingerprint density at radius 2 is 1.86 bits per heavy atom. The number of hydrogen-bond acceptors (Lipinski definition) is 8. The second kappa shape index (κ2) is 8.87. The van der Waals surface area contributed by atoms with E-state index < -0.39 is 44.6 Å². The molecule has 0 spiro atoms. The van der Waals surface area contributed by atoms with Crippen LogP contribution in [0.5, 0.6) is 11.8 Å². The van der Waals surface area contributed by atoms with Crippen molar-refractivity contribution < 1.29 is 31.1 Å². The van der Waals surface area contributed by atoms with Gasteiger partial charge >= 0.3 is 6.18 Å². The molecule has 3 aromatic rings. The highest BCUT2D eigenvalue weighted by Crippen LogP contribution is 2.40. The number of alkyl halides is 3. The summed E-state index contributed by atoms with van der Waals surface area (Å²) < 4.78 is 69.7. The monoisotopic (exact) mass is 507 g/mol. The summed E-state index contributed by atoms with van der Waals surface area (Å²) in [5, 5.41) is 9.14. The van der Waals surface area contributed by atoms with Gasteiger partial charge in [0.2, 0.25) is 5.88 Å². The number of halogens is 3. The van der Waals surface area contributed by atoms with E-state index in [0.29, 0.717) is 11.6 Å². The third-order valence-corrected chi connectivity index (χ3v) is 6.42. The molecule has 2 aromatic heterocycles. The molecule has 35 heavy (non-hydrogen) atoms. The van der Waals surface area contributed by atoms with Crippen LogP contribution in [0.15, 0.2) is 35.4 Å². The van der Waals surface area contributed by atoms with E-state index in [1.807, 2.05) is 0 Å².